The summed E-state index contributed by atoms with van der Waals surface area (Å²) < 4.78 is 0. The minimum absolute atomic E-state index is 0.135. The molecule has 132 valence electrons. The summed E-state index contributed by atoms with van der Waals surface area (Å²) in [5.41, 5.74) is 1.73. The van der Waals surface area contributed by atoms with Crippen LogP contribution in [0.4, 0.5) is 5.13 Å². The third-order valence-electron chi connectivity index (χ3n) is 4.05. The third-order valence-corrected chi connectivity index (χ3v) is 5.73. The summed E-state index contributed by atoms with van der Waals surface area (Å²) >= 11 is 2.85. The highest BCUT2D eigenvalue weighted by Gasteiger charge is 2.25. The van der Waals surface area contributed by atoms with Crippen molar-refractivity contribution in [2.45, 2.75) is 13.0 Å². The Hall–Kier alpha value is -2.78. The molecule has 1 aliphatic heterocycles. The van der Waals surface area contributed by atoms with Gasteiger partial charge in [-0.3, -0.25) is 19.7 Å². The number of rotatable bonds is 3. The molecule has 4 rings (SSSR count). The Labute approximate surface area is 156 Å². The van der Waals surface area contributed by atoms with Gasteiger partial charge in [0.25, 0.3) is 11.8 Å². The number of hydrogen-bond donors (Lipinski definition) is 2. The number of anilines is 1. The number of hydrogen-bond acceptors (Lipinski definition) is 6. The van der Waals surface area contributed by atoms with Crippen molar-refractivity contribution in [2.24, 2.45) is 0 Å². The van der Waals surface area contributed by atoms with E-state index < -0.39 is 0 Å². The maximum absolute atomic E-state index is 12.6. The van der Waals surface area contributed by atoms with Crippen LogP contribution in [0.5, 0.6) is 0 Å². The Kier molecular flexibility index (Phi) is 4.39. The van der Waals surface area contributed by atoms with Crippen molar-refractivity contribution in [3.05, 3.63) is 67.2 Å². The fourth-order valence-electron chi connectivity index (χ4n) is 2.71. The lowest BCUT2D eigenvalue weighted by Gasteiger charge is -2.26. The zero-order valence-corrected chi connectivity index (χ0v) is 15.2. The van der Waals surface area contributed by atoms with Gasteiger partial charge in [0.05, 0.1) is 23.4 Å². The van der Waals surface area contributed by atoms with Crippen LogP contribution in [0.1, 0.15) is 31.3 Å². The predicted molar refractivity (Wildman–Crippen MR) is 99.9 cm³/mol. The van der Waals surface area contributed by atoms with Gasteiger partial charge in [-0.05, 0) is 17.5 Å². The van der Waals surface area contributed by atoms with Crippen LogP contribution in [-0.4, -0.2) is 33.2 Å². The van der Waals surface area contributed by atoms with E-state index in [-0.39, 0.29) is 17.4 Å². The number of amides is 2. The van der Waals surface area contributed by atoms with E-state index in [1.54, 1.807) is 16.3 Å². The largest absolute Gasteiger partial charge is 0.333 e. The van der Waals surface area contributed by atoms with Crippen molar-refractivity contribution in [3.8, 4) is 0 Å². The molecule has 26 heavy (non-hydrogen) atoms. The van der Waals surface area contributed by atoms with Crippen LogP contribution in [0.15, 0.2) is 40.0 Å². The van der Waals surface area contributed by atoms with Crippen LogP contribution < -0.4 is 10.9 Å². The molecule has 2 amide bonds. The summed E-state index contributed by atoms with van der Waals surface area (Å²) in [6, 6.07) is 4.63. The van der Waals surface area contributed by atoms with E-state index in [0.717, 1.165) is 10.6 Å². The second-order valence-electron chi connectivity index (χ2n) is 5.77. The van der Waals surface area contributed by atoms with Crippen molar-refractivity contribution in [1.29, 1.82) is 0 Å². The Morgan fingerprint density at radius 2 is 2.12 bits per heavy atom. The molecule has 9 heteroatoms. The molecule has 2 N–H and O–H groups in total. The van der Waals surface area contributed by atoms with Gasteiger partial charge in [-0.25, -0.2) is 4.98 Å². The number of aromatic amines is 1. The van der Waals surface area contributed by atoms with E-state index in [4.69, 9.17) is 0 Å². The number of thiophene rings is 1. The highest BCUT2D eigenvalue weighted by atomic mass is 32.1. The van der Waals surface area contributed by atoms with Crippen molar-refractivity contribution in [2.75, 3.05) is 11.9 Å². The molecule has 0 spiro atoms. The fraction of sp³-hybridized carbons (Fsp3) is 0.176. The first kappa shape index (κ1) is 16.7. The van der Waals surface area contributed by atoms with E-state index in [9.17, 15) is 14.4 Å². The number of nitrogens with zero attached hydrogens (tertiary/aromatic N) is 2. The number of pyridine rings is 1. The molecule has 0 saturated heterocycles. The molecule has 3 aromatic heterocycles. The van der Waals surface area contributed by atoms with Gasteiger partial charge in [-0.15, -0.1) is 0 Å². The lowest BCUT2D eigenvalue weighted by Crippen LogP contribution is -2.35. The lowest BCUT2D eigenvalue weighted by atomic mass is 10.1. The van der Waals surface area contributed by atoms with Gasteiger partial charge in [-0.1, -0.05) is 11.3 Å². The Morgan fingerprint density at radius 1 is 1.23 bits per heavy atom. The molecule has 3 aromatic rings. The Balaban J connectivity index is 1.48. The highest BCUT2D eigenvalue weighted by molar-refractivity contribution is 7.16. The number of thiazole rings is 1. The Morgan fingerprint density at radius 3 is 2.85 bits per heavy atom. The van der Waals surface area contributed by atoms with Crippen LogP contribution >= 0.6 is 22.7 Å². The second kappa shape index (κ2) is 6.85. The monoisotopic (exact) mass is 386 g/mol. The second-order valence-corrected chi connectivity index (χ2v) is 7.64. The minimum atomic E-state index is -0.240. The number of H-pyrrole nitrogens is 1. The van der Waals surface area contributed by atoms with Gasteiger partial charge in [0, 0.05) is 35.5 Å². The molecule has 0 fully saturated rings. The van der Waals surface area contributed by atoms with Gasteiger partial charge in [0.15, 0.2) is 5.13 Å². The molecule has 0 atom stereocenters. The van der Waals surface area contributed by atoms with Gasteiger partial charge in [0.2, 0.25) is 5.56 Å². The highest BCUT2D eigenvalue weighted by Crippen LogP contribution is 2.29. The summed E-state index contributed by atoms with van der Waals surface area (Å²) in [7, 11) is 0. The molecule has 0 radical (unpaired) electrons. The zero-order chi connectivity index (χ0) is 18.1. The quantitative estimate of drug-likeness (QED) is 0.722. The minimum Gasteiger partial charge on any atom is -0.333 e. The molecular formula is C17H14N4O3S2. The van der Waals surface area contributed by atoms with Crippen molar-refractivity contribution in [3.63, 3.8) is 0 Å². The van der Waals surface area contributed by atoms with Crippen LogP contribution in [0, 0.1) is 0 Å². The molecule has 7 nitrogen and oxygen atoms in total. The first-order valence-electron chi connectivity index (χ1n) is 7.90. The van der Waals surface area contributed by atoms with E-state index in [1.165, 1.54) is 41.0 Å². The summed E-state index contributed by atoms with van der Waals surface area (Å²) in [6.45, 7) is 0.992. The molecule has 0 unspecified atom stereocenters. The number of carbonyl (C=O) groups is 2. The van der Waals surface area contributed by atoms with E-state index >= 15 is 0 Å². The average Bonchev–Trinajstić information content (AvgIpc) is 3.30. The summed E-state index contributed by atoms with van der Waals surface area (Å²) in [5, 5.41) is 7.00. The normalized spacial score (nSPS) is 13.3. The molecule has 0 aromatic carbocycles. The van der Waals surface area contributed by atoms with E-state index in [1.807, 2.05) is 5.38 Å². The summed E-state index contributed by atoms with van der Waals surface area (Å²) in [4.78, 5) is 45.6. The number of carbonyl (C=O) groups excluding carboxylic acids is 2. The van der Waals surface area contributed by atoms with Crippen LogP contribution in [0.25, 0.3) is 0 Å². The van der Waals surface area contributed by atoms with Gasteiger partial charge < -0.3 is 9.88 Å². The topological polar surface area (TPSA) is 95.2 Å². The van der Waals surface area contributed by atoms with E-state index in [0.29, 0.717) is 35.8 Å². The number of nitrogens with one attached hydrogen (secondary N) is 2. The Bertz CT molecular complexity index is 1000. The van der Waals surface area contributed by atoms with Crippen molar-refractivity contribution >= 4 is 39.6 Å². The average molecular weight is 386 g/mol. The molecule has 1 aliphatic rings. The first-order valence-corrected chi connectivity index (χ1v) is 9.66. The van der Waals surface area contributed by atoms with Gasteiger partial charge >= 0.3 is 0 Å². The smallest absolute Gasteiger partial charge is 0.258 e. The van der Waals surface area contributed by atoms with Gasteiger partial charge in [-0.2, -0.15) is 11.3 Å². The van der Waals surface area contributed by atoms with Crippen molar-refractivity contribution in [1.82, 2.24) is 14.9 Å². The van der Waals surface area contributed by atoms with Gasteiger partial charge in [0.1, 0.15) is 0 Å². The molecule has 0 saturated carbocycles. The zero-order valence-electron chi connectivity index (χ0n) is 13.5. The van der Waals surface area contributed by atoms with Crippen LogP contribution in [0.3, 0.4) is 0 Å². The number of fused-ring (bicyclic) bond motifs is 1. The van der Waals surface area contributed by atoms with Crippen LogP contribution in [0.2, 0.25) is 0 Å². The fourth-order valence-corrected chi connectivity index (χ4v) is 4.37. The maximum atomic E-state index is 12.6. The number of aromatic nitrogens is 2. The van der Waals surface area contributed by atoms with Crippen LogP contribution in [-0.2, 0) is 13.0 Å². The predicted octanol–water partition coefficient (Wildman–Crippen LogP) is 2.34. The van der Waals surface area contributed by atoms with E-state index in [2.05, 4.69) is 15.3 Å². The SMILES string of the molecule is O=C(Nc1nc2c(s1)CN(C(=O)c1ccc(=O)[nH]c1)CC2)c1ccsc1. The van der Waals surface area contributed by atoms with Crippen molar-refractivity contribution < 1.29 is 9.59 Å². The molecule has 0 bridgehead atoms. The molecule has 0 aliphatic carbocycles. The molecular weight excluding hydrogens is 372 g/mol. The standard InChI is InChI=1S/C17H14N4O3S2/c22-14-2-1-10(7-18-14)16(24)21-5-3-12-13(8-21)26-17(19-12)20-15(23)11-4-6-25-9-11/h1-2,4,6-7,9H,3,5,8H2,(H,18,22)(H,19,20,23). The lowest BCUT2D eigenvalue weighted by molar-refractivity contribution is 0.0735. The molecule has 4 heterocycles. The first-order chi connectivity index (χ1) is 12.6. The maximum Gasteiger partial charge on any atom is 0.258 e. The third kappa shape index (κ3) is 3.31. The summed E-state index contributed by atoms with van der Waals surface area (Å²) in [5.74, 6) is -0.317. The summed E-state index contributed by atoms with van der Waals surface area (Å²) in [6.07, 6.45) is 2.06.